The summed E-state index contributed by atoms with van der Waals surface area (Å²) in [6.45, 7) is 2.70. The fourth-order valence-electron chi connectivity index (χ4n) is 1.97. The van der Waals surface area contributed by atoms with Crippen molar-refractivity contribution in [3.63, 3.8) is 0 Å². The molecule has 21 heavy (non-hydrogen) atoms. The third-order valence-corrected chi connectivity index (χ3v) is 3.23. The average molecular weight is 346 g/mol. The summed E-state index contributed by atoms with van der Waals surface area (Å²) in [4.78, 5) is 8.61. The van der Waals surface area contributed by atoms with Gasteiger partial charge in [0.1, 0.15) is 5.82 Å². The molecule has 3 rings (SSSR count). The van der Waals surface area contributed by atoms with Gasteiger partial charge >= 0.3 is 0 Å². The molecule has 0 radical (unpaired) electrons. The topological polar surface area (TPSA) is 35.6 Å². The molecule has 112 valence electrons. The zero-order chi connectivity index (χ0) is 13.2. The maximum absolute atomic E-state index is 5.99. The van der Waals surface area contributed by atoms with E-state index in [9.17, 15) is 0 Å². The van der Waals surface area contributed by atoms with Crippen LogP contribution in [0.4, 0.5) is 0 Å². The van der Waals surface area contributed by atoms with Crippen LogP contribution in [0.1, 0.15) is 11.5 Å². The van der Waals surface area contributed by atoms with Gasteiger partial charge in [-0.1, -0.05) is 17.7 Å². The van der Waals surface area contributed by atoms with Gasteiger partial charge in [-0.25, -0.2) is 9.97 Å². The van der Waals surface area contributed by atoms with Crippen LogP contribution in [0.25, 0.3) is 5.69 Å². The van der Waals surface area contributed by atoms with Crippen LogP contribution in [-0.2, 0) is 6.54 Å². The number of rotatable bonds is 3. The van der Waals surface area contributed by atoms with Crippen LogP contribution in [0, 0.1) is 6.92 Å². The van der Waals surface area contributed by atoms with Gasteiger partial charge in [0.25, 0.3) is 0 Å². The van der Waals surface area contributed by atoms with E-state index in [4.69, 9.17) is 11.6 Å². The Bertz CT molecular complexity index is 706. The molecule has 0 unspecified atom stereocenters. The highest BCUT2D eigenvalue weighted by molar-refractivity contribution is 6.30. The standard InChI is InChI=1S/C14H13ClN4.2ClH/c1-11-16-5-6-18(11)8-13-9-19(10-17-13)14-4-2-3-12(15)7-14;;/h2-7,9-10H,8H2,1H3;2*1H. The van der Waals surface area contributed by atoms with Crippen LogP contribution in [0.15, 0.2) is 49.2 Å². The molecule has 0 fully saturated rings. The quantitative estimate of drug-likeness (QED) is 0.721. The summed E-state index contributed by atoms with van der Waals surface area (Å²) in [5.41, 5.74) is 2.00. The molecule has 7 heteroatoms. The van der Waals surface area contributed by atoms with Crippen molar-refractivity contribution in [3.05, 3.63) is 65.7 Å². The van der Waals surface area contributed by atoms with E-state index in [1.54, 1.807) is 12.5 Å². The number of aryl methyl sites for hydroxylation is 1. The van der Waals surface area contributed by atoms with Gasteiger partial charge in [0.15, 0.2) is 0 Å². The number of benzene rings is 1. The second-order valence-electron chi connectivity index (χ2n) is 4.35. The molecule has 0 atom stereocenters. The lowest BCUT2D eigenvalue weighted by molar-refractivity contribution is 0.746. The van der Waals surface area contributed by atoms with E-state index < -0.39 is 0 Å². The fourth-order valence-corrected chi connectivity index (χ4v) is 2.15. The van der Waals surface area contributed by atoms with Gasteiger partial charge in [0.05, 0.1) is 18.6 Å². The lowest BCUT2D eigenvalue weighted by Gasteiger charge is -2.02. The third-order valence-electron chi connectivity index (χ3n) is 3.00. The summed E-state index contributed by atoms with van der Waals surface area (Å²) >= 11 is 5.99. The van der Waals surface area contributed by atoms with Crippen molar-refractivity contribution in [2.45, 2.75) is 13.5 Å². The molecule has 0 aliphatic rings. The molecule has 4 nitrogen and oxygen atoms in total. The van der Waals surface area contributed by atoms with Crippen molar-refractivity contribution in [2.75, 3.05) is 0 Å². The Hall–Kier alpha value is -1.49. The SMILES string of the molecule is Cc1nccn1Cc1cn(-c2cccc(Cl)c2)cn1.Cl.Cl. The zero-order valence-electron chi connectivity index (χ0n) is 11.3. The monoisotopic (exact) mass is 344 g/mol. The van der Waals surface area contributed by atoms with Crippen molar-refractivity contribution in [3.8, 4) is 5.69 Å². The molecule has 0 aliphatic heterocycles. The van der Waals surface area contributed by atoms with Gasteiger partial charge in [0.2, 0.25) is 0 Å². The number of imidazole rings is 2. The Morgan fingerprint density at radius 2 is 2.00 bits per heavy atom. The molecule has 0 saturated carbocycles. The van der Waals surface area contributed by atoms with Gasteiger partial charge in [-0.2, -0.15) is 0 Å². The predicted octanol–water partition coefficient (Wildman–Crippen LogP) is 3.92. The average Bonchev–Trinajstić information content (AvgIpc) is 3.00. The highest BCUT2D eigenvalue weighted by atomic mass is 35.5. The zero-order valence-corrected chi connectivity index (χ0v) is 13.7. The Labute approximate surface area is 140 Å². The highest BCUT2D eigenvalue weighted by Crippen LogP contribution is 2.15. The van der Waals surface area contributed by atoms with Gasteiger partial charge in [-0.15, -0.1) is 24.8 Å². The van der Waals surface area contributed by atoms with E-state index in [2.05, 4.69) is 14.5 Å². The summed E-state index contributed by atoms with van der Waals surface area (Å²) in [6, 6.07) is 7.70. The fraction of sp³-hybridized carbons (Fsp3) is 0.143. The van der Waals surface area contributed by atoms with Crippen LogP contribution in [0.3, 0.4) is 0 Å². The Morgan fingerprint density at radius 1 is 1.19 bits per heavy atom. The molecule has 0 bridgehead atoms. The van der Waals surface area contributed by atoms with E-state index in [0.29, 0.717) is 0 Å². The smallest absolute Gasteiger partial charge is 0.105 e. The van der Waals surface area contributed by atoms with Crippen molar-refractivity contribution >= 4 is 36.4 Å². The van der Waals surface area contributed by atoms with Crippen LogP contribution in [-0.4, -0.2) is 19.1 Å². The minimum atomic E-state index is 0. The molecule has 1 aromatic carbocycles. The van der Waals surface area contributed by atoms with E-state index in [-0.39, 0.29) is 24.8 Å². The summed E-state index contributed by atoms with van der Waals surface area (Å²) in [5.74, 6) is 0.984. The third kappa shape index (κ3) is 4.00. The number of aromatic nitrogens is 4. The van der Waals surface area contributed by atoms with Crippen LogP contribution >= 0.6 is 36.4 Å². The minimum absolute atomic E-state index is 0. The van der Waals surface area contributed by atoms with E-state index in [1.165, 1.54) is 0 Å². The second kappa shape index (κ2) is 7.50. The van der Waals surface area contributed by atoms with Gasteiger partial charge in [-0.05, 0) is 25.1 Å². The summed E-state index contributed by atoms with van der Waals surface area (Å²) in [7, 11) is 0. The lowest BCUT2D eigenvalue weighted by atomic mass is 10.3. The first-order valence-corrected chi connectivity index (χ1v) is 6.37. The van der Waals surface area contributed by atoms with Crippen LogP contribution in [0.5, 0.6) is 0 Å². The van der Waals surface area contributed by atoms with Gasteiger partial charge in [0, 0.05) is 29.3 Å². The summed E-state index contributed by atoms with van der Waals surface area (Å²) in [6.07, 6.45) is 7.55. The van der Waals surface area contributed by atoms with Crippen molar-refractivity contribution in [1.82, 2.24) is 19.1 Å². The Kier molecular flexibility index (Phi) is 6.27. The molecule has 0 saturated heterocycles. The first-order chi connectivity index (χ1) is 9.22. The lowest BCUT2D eigenvalue weighted by Crippen LogP contribution is -2.00. The minimum Gasteiger partial charge on any atom is -0.329 e. The highest BCUT2D eigenvalue weighted by Gasteiger charge is 2.04. The molecule has 2 heterocycles. The number of hydrogen-bond donors (Lipinski definition) is 0. The molecular weight excluding hydrogens is 331 g/mol. The molecule has 0 N–H and O–H groups in total. The Balaban J connectivity index is 0.00000110. The van der Waals surface area contributed by atoms with Crippen LogP contribution < -0.4 is 0 Å². The van der Waals surface area contributed by atoms with Crippen LogP contribution in [0.2, 0.25) is 5.02 Å². The Morgan fingerprint density at radius 3 is 2.67 bits per heavy atom. The van der Waals surface area contributed by atoms with E-state index in [0.717, 1.165) is 28.8 Å². The molecule has 0 amide bonds. The van der Waals surface area contributed by atoms with Gasteiger partial charge in [-0.3, -0.25) is 0 Å². The number of nitrogens with zero attached hydrogens (tertiary/aromatic N) is 4. The van der Waals surface area contributed by atoms with Gasteiger partial charge < -0.3 is 9.13 Å². The maximum Gasteiger partial charge on any atom is 0.105 e. The number of halogens is 3. The molecule has 2 aromatic heterocycles. The maximum atomic E-state index is 5.99. The predicted molar refractivity (Wildman–Crippen MR) is 89.1 cm³/mol. The molecule has 0 spiro atoms. The first kappa shape index (κ1) is 17.6. The van der Waals surface area contributed by atoms with Crippen molar-refractivity contribution in [2.24, 2.45) is 0 Å². The van der Waals surface area contributed by atoms with E-state index in [1.807, 2.05) is 48.1 Å². The first-order valence-electron chi connectivity index (χ1n) is 5.99. The number of hydrogen-bond acceptors (Lipinski definition) is 2. The van der Waals surface area contributed by atoms with Crippen molar-refractivity contribution < 1.29 is 0 Å². The summed E-state index contributed by atoms with van der Waals surface area (Å²) in [5, 5.41) is 0.721. The molecule has 0 aliphatic carbocycles. The normalized spacial score (nSPS) is 9.81. The molecular formula is C14H15Cl3N4. The summed E-state index contributed by atoms with van der Waals surface area (Å²) < 4.78 is 4.03. The second-order valence-corrected chi connectivity index (χ2v) is 4.79. The van der Waals surface area contributed by atoms with Crippen molar-refractivity contribution in [1.29, 1.82) is 0 Å². The molecule has 3 aromatic rings. The largest absolute Gasteiger partial charge is 0.329 e. The van der Waals surface area contributed by atoms with E-state index >= 15 is 0 Å².